The lowest BCUT2D eigenvalue weighted by Gasteiger charge is -2.22. The van der Waals surface area contributed by atoms with Crippen LogP contribution in [0.5, 0.6) is 0 Å². The number of aliphatic carboxylic acids is 1. The fraction of sp³-hybridized carbons (Fsp3) is 0.833. The van der Waals surface area contributed by atoms with Gasteiger partial charge in [0.25, 0.3) is 0 Å². The van der Waals surface area contributed by atoms with E-state index in [-0.39, 0.29) is 25.5 Å². The molecule has 17 nitrogen and oxygen atoms in total. The highest BCUT2D eigenvalue weighted by molar-refractivity contribution is 5.72. The van der Waals surface area contributed by atoms with Crippen molar-refractivity contribution in [1.29, 1.82) is 0 Å². The summed E-state index contributed by atoms with van der Waals surface area (Å²) in [5.74, 6) is -1.05. The summed E-state index contributed by atoms with van der Waals surface area (Å²) in [5, 5.41) is 104. The quantitative estimate of drug-likeness (QED) is 0.0887. The second-order valence-corrected chi connectivity index (χ2v) is 7.13. The molecule has 0 radical (unpaired) electrons. The van der Waals surface area contributed by atoms with Crippen LogP contribution in [0.15, 0.2) is 0 Å². The van der Waals surface area contributed by atoms with Crippen molar-refractivity contribution in [2.45, 2.75) is 73.8 Å². The number of nitrogens with two attached hydrogens (primary N) is 2. The molecule has 0 aliphatic heterocycles. The molecule has 0 heterocycles. The van der Waals surface area contributed by atoms with E-state index < -0.39 is 80.2 Å². The number of carbonyl (C=O) groups excluding carboxylic acids is 2. The monoisotopic (exact) mass is 522 g/mol. The van der Waals surface area contributed by atoms with Gasteiger partial charge in [0.1, 0.15) is 54.9 Å². The van der Waals surface area contributed by atoms with Gasteiger partial charge >= 0.3 is 5.97 Å². The van der Waals surface area contributed by atoms with E-state index in [1.807, 2.05) is 0 Å². The Balaban J connectivity index is -0.000000439. The van der Waals surface area contributed by atoms with Crippen molar-refractivity contribution < 1.29 is 75.7 Å². The van der Waals surface area contributed by atoms with Crippen LogP contribution >= 0.6 is 0 Å². The molecule has 0 aromatic rings. The third kappa shape index (κ3) is 17.4. The molecule has 10 unspecified atom stereocenters. The molecule has 35 heavy (non-hydrogen) atoms. The Bertz CT molecular complexity index is 526. The SMILES string of the molecule is NCC(O)CCC(N)C(=O)O.O=CC(O)C(O)C(O)C(O)CO.O=CC(O)C(O)C(O)C(O)CO. The number of carboxylic acid groups (broad SMARTS) is 1. The predicted octanol–water partition coefficient (Wildman–Crippen LogP) is -8.26. The molecule has 0 aromatic heterocycles. The third-order valence-electron chi connectivity index (χ3n) is 4.24. The molecule has 0 aliphatic rings. The highest BCUT2D eigenvalue weighted by atomic mass is 16.4. The van der Waals surface area contributed by atoms with Crippen LogP contribution in [0, 0.1) is 0 Å². The Labute approximate surface area is 200 Å². The highest BCUT2D eigenvalue weighted by Crippen LogP contribution is 2.04. The van der Waals surface area contributed by atoms with Gasteiger partial charge in [-0.15, -0.1) is 0 Å². The van der Waals surface area contributed by atoms with Crippen LogP contribution in [0.4, 0.5) is 0 Å². The first-order valence-corrected chi connectivity index (χ1v) is 10.1. The van der Waals surface area contributed by atoms with Crippen molar-refractivity contribution in [2.24, 2.45) is 11.5 Å². The fourth-order valence-corrected chi connectivity index (χ4v) is 1.85. The maximum absolute atomic E-state index is 10.2. The largest absolute Gasteiger partial charge is 0.480 e. The summed E-state index contributed by atoms with van der Waals surface area (Å²) >= 11 is 0. The van der Waals surface area contributed by atoms with E-state index in [1.54, 1.807) is 0 Å². The van der Waals surface area contributed by atoms with Crippen molar-refractivity contribution in [3.8, 4) is 0 Å². The van der Waals surface area contributed by atoms with E-state index in [9.17, 15) is 14.4 Å². The summed E-state index contributed by atoms with van der Waals surface area (Å²) in [5.41, 5.74) is 10.3. The predicted molar refractivity (Wildman–Crippen MR) is 114 cm³/mol. The van der Waals surface area contributed by atoms with Gasteiger partial charge in [0.2, 0.25) is 0 Å². The average molecular weight is 523 g/mol. The normalized spacial score (nSPS) is 19.5. The van der Waals surface area contributed by atoms with Crippen molar-refractivity contribution in [1.82, 2.24) is 0 Å². The number of hydrogen-bond donors (Lipinski definition) is 14. The lowest BCUT2D eigenvalue weighted by atomic mass is 10.0. The molecule has 10 atom stereocenters. The molecule has 0 spiro atoms. The van der Waals surface area contributed by atoms with Crippen molar-refractivity contribution in [2.75, 3.05) is 19.8 Å². The van der Waals surface area contributed by atoms with Crippen LogP contribution in [-0.4, -0.2) is 161 Å². The van der Waals surface area contributed by atoms with Crippen molar-refractivity contribution >= 4 is 18.5 Å². The van der Waals surface area contributed by atoms with Crippen LogP contribution < -0.4 is 11.5 Å². The van der Waals surface area contributed by atoms with E-state index in [0.29, 0.717) is 6.42 Å². The van der Waals surface area contributed by atoms with Crippen LogP contribution in [-0.2, 0) is 14.4 Å². The van der Waals surface area contributed by atoms with Gasteiger partial charge in [-0.2, -0.15) is 0 Å². The summed E-state index contributed by atoms with van der Waals surface area (Å²) in [6.07, 6.45) is -13.7. The molecule has 0 aromatic carbocycles. The molecule has 0 saturated heterocycles. The molecular formula is C18H38N2O15. The van der Waals surface area contributed by atoms with Crippen LogP contribution in [0.25, 0.3) is 0 Å². The smallest absolute Gasteiger partial charge is 0.320 e. The molecule has 17 heteroatoms. The fourth-order valence-electron chi connectivity index (χ4n) is 1.85. The standard InChI is InChI=1S/C6H14N2O3.2C6H12O6/c7-3-4(9)1-2-5(8)6(10)11;2*7-1-3(9)5(11)6(12)4(10)2-8/h4-5,9H,1-3,7-8H2,(H,10,11);2*1,3-6,8-12H,2H2. The Kier molecular flexibility index (Phi) is 23.3. The number of aliphatic hydroxyl groups is 11. The van der Waals surface area contributed by atoms with E-state index in [1.165, 1.54) is 0 Å². The van der Waals surface area contributed by atoms with Gasteiger partial charge in [-0.1, -0.05) is 0 Å². The minimum absolute atomic E-state index is 0.0258. The zero-order valence-corrected chi connectivity index (χ0v) is 18.7. The van der Waals surface area contributed by atoms with Gasteiger partial charge in [-0.05, 0) is 12.8 Å². The third-order valence-corrected chi connectivity index (χ3v) is 4.24. The molecule has 210 valence electrons. The van der Waals surface area contributed by atoms with Gasteiger partial charge < -0.3 is 82.3 Å². The molecule has 0 aliphatic carbocycles. The number of hydrogen-bond acceptors (Lipinski definition) is 16. The number of aldehydes is 2. The number of carboxylic acids is 1. The summed E-state index contributed by atoms with van der Waals surface area (Å²) in [7, 11) is 0. The molecule has 0 fully saturated rings. The molecule has 0 rings (SSSR count). The van der Waals surface area contributed by atoms with Gasteiger partial charge in [0.05, 0.1) is 19.3 Å². The maximum atomic E-state index is 10.2. The van der Waals surface area contributed by atoms with E-state index in [0.717, 1.165) is 0 Å². The summed E-state index contributed by atoms with van der Waals surface area (Å²) in [4.78, 5) is 30.0. The zero-order chi connectivity index (χ0) is 28.3. The molecule has 0 amide bonds. The van der Waals surface area contributed by atoms with Crippen LogP contribution in [0.3, 0.4) is 0 Å². The lowest BCUT2D eigenvalue weighted by Crippen LogP contribution is -2.46. The summed E-state index contributed by atoms with van der Waals surface area (Å²) in [6, 6.07) is -0.892. The first-order valence-electron chi connectivity index (χ1n) is 10.1. The Hall–Kier alpha value is -1.71. The molecular weight excluding hydrogens is 484 g/mol. The minimum Gasteiger partial charge on any atom is -0.480 e. The Morgan fingerprint density at radius 3 is 1.26 bits per heavy atom. The second-order valence-electron chi connectivity index (χ2n) is 7.13. The number of aliphatic hydroxyl groups excluding tert-OH is 11. The lowest BCUT2D eigenvalue weighted by molar-refractivity contribution is -0.139. The van der Waals surface area contributed by atoms with Gasteiger partial charge in [0.15, 0.2) is 12.6 Å². The average Bonchev–Trinajstić information content (AvgIpc) is 2.87. The maximum Gasteiger partial charge on any atom is 0.320 e. The van der Waals surface area contributed by atoms with Crippen LogP contribution in [0.1, 0.15) is 12.8 Å². The van der Waals surface area contributed by atoms with Gasteiger partial charge in [-0.25, -0.2) is 0 Å². The van der Waals surface area contributed by atoms with Crippen LogP contribution in [0.2, 0.25) is 0 Å². The minimum atomic E-state index is -1.79. The molecule has 0 saturated carbocycles. The molecule has 0 bridgehead atoms. The Morgan fingerprint density at radius 2 is 1.03 bits per heavy atom. The van der Waals surface area contributed by atoms with E-state index in [2.05, 4.69) is 0 Å². The molecule has 16 N–H and O–H groups in total. The van der Waals surface area contributed by atoms with E-state index in [4.69, 9.17) is 72.7 Å². The first kappa shape index (κ1) is 37.8. The summed E-state index contributed by atoms with van der Waals surface area (Å²) in [6.45, 7) is -1.38. The number of carbonyl (C=O) groups is 3. The number of rotatable bonds is 15. The topological polar surface area (TPSA) is 346 Å². The first-order chi connectivity index (χ1) is 16.2. The Morgan fingerprint density at radius 1 is 0.686 bits per heavy atom. The van der Waals surface area contributed by atoms with E-state index >= 15 is 0 Å². The van der Waals surface area contributed by atoms with Gasteiger partial charge in [0, 0.05) is 6.54 Å². The second kappa shape index (κ2) is 21.6. The zero-order valence-electron chi connectivity index (χ0n) is 18.7. The van der Waals surface area contributed by atoms with Crippen molar-refractivity contribution in [3.63, 3.8) is 0 Å². The summed E-state index contributed by atoms with van der Waals surface area (Å²) < 4.78 is 0. The van der Waals surface area contributed by atoms with Gasteiger partial charge in [-0.3, -0.25) is 4.79 Å². The highest BCUT2D eigenvalue weighted by Gasteiger charge is 2.30. The van der Waals surface area contributed by atoms with Crippen molar-refractivity contribution in [3.05, 3.63) is 0 Å².